The minimum absolute atomic E-state index is 0.0638. The molecule has 0 aromatic carbocycles. The number of nitrogens with zero attached hydrogens (tertiary/aromatic N) is 1. The van der Waals surface area contributed by atoms with Crippen LogP contribution < -0.4 is 0 Å². The molecule has 58 valence electrons. The number of aliphatic hydroxyl groups is 1. The van der Waals surface area contributed by atoms with Crippen molar-refractivity contribution in [3.8, 4) is 0 Å². The molecule has 0 atom stereocenters. The monoisotopic (exact) mass is 142 g/mol. The fourth-order valence-corrected chi connectivity index (χ4v) is 1.33. The number of hydrogen-bond acceptors (Lipinski definition) is 1. The highest BCUT2D eigenvalue weighted by Gasteiger charge is 2.25. The van der Waals surface area contributed by atoms with Gasteiger partial charge >= 0.3 is 0 Å². The quantitative estimate of drug-likeness (QED) is 0.535. The predicted octanol–water partition coefficient (Wildman–Crippen LogP) is 0.731. The van der Waals surface area contributed by atoms with Crippen molar-refractivity contribution < 1.29 is 9.59 Å². The first-order valence-electron chi connectivity index (χ1n) is 3.82. The molecule has 0 unspecified atom stereocenters. The zero-order valence-corrected chi connectivity index (χ0v) is 6.58. The van der Waals surface area contributed by atoms with Crippen molar-refractivity contribution in [3.05, 3.63) is 12.8 Å². The van der Waals surface area contributed by atoms with Crippen LogP contribution in [0.4, 0.5) is 0 Å². The maximum Gasteiger partial charge on any atom is 0.0883 e. The van der Waals surface area contributed by atoms with E-state index in [1.165, 1.54) is 0 Å². The minimum Gasteiger partial charge on any atom is -0.393 e. The zero-order chi connectivity index (χ0) is 7.61. The first-order valence-corrected chi connectivity index (χ1v) is 3.82. The van der Waals surface area contributed by atoms with Crippen LogP contribution in [-0.4, -0.2) is 35.8 Å². The largest absolute Gasteiger partial charge is 0.393 e. The van der Waals surface area contributed by atoms with Crippen LogP contribution in [0.25, 0.3) is 0 Å². The fourth-order valence-electron chi connectivity index (χ4n) is 1.33. The van der Waals surface area contributed by atoms with Gasteiger partial charge in [-0.3, -0.25) is 0 Å². The Labute approximate surface area is 62.4 Å². The molecule has 10 heavy (non-hydrogen) atoms. The summed E-state index contributed by atoms with van der Waals surface area (Å²) in [4.78, 5) is 0. The highest BCUT2D eigenvalue weighted by atomic mass is 16.3. The van der Waals surface area contributed by atoms with Gasteiger partial charge in [0.15, 0.2) is 0 Å². The molecule has 0 aromatic rings. The van der Waals surface area contributed by atoms with Gasteiger partial charge in [0.1, 0.15) is 0 Å². The molecule has 1 saturated heterocycles. The molecule has 1 N–H and O–H groups in total. The first kappa shape index (κ1) is 7.76. The number of piperidine rings is 1. The van der Waals surface area contributed by atoms with Crippen LogP contribution in [0.1, 0.15) is 12.8 Å². The summed E-state index contributed by atoms with van der Waals surface area (Å²) in [5.74, 6) is 0. The van der Waals surface area contributed by atoms with Crippen molar-refractivity contribution in [2.75, 3.05) is 20.1 Å². The molecule has 1 fully saturated rings. The van der Waals surface area contributed by atoms with Gasteiger partial charge < -0.3 is 9.59 Å². The molecule has 0 saturated carbocycles. The number of quaternary nitrogens is 1. The Hall–Kier alpha value is -0.340. The molecule has 1 aliphatic heterocycles. The van der Waals surface area contributed by atoms with E-state index in [0.717, 1.165) is 30.4 Å². The topological polar surface area (TPSA) is 20.2 Å². The summed E-state index contributed by atoms with van der Waals surface area (Å²) in [7, 11) is 2.15. The predicted molar refractivity (Wildman–Crippen MR) is 41.4 cm³/mol. The Morgan fingerprint density at radius 1 is 1.50 bits per heavy atom. The van der Waals surface area contributed by atoms with E-state index < -0.39 is 0 Å². The van der Waals surface area contributed by atoms with Gasteiger partial charge in [-0.15, -0.1) is 0 Å². The van der Waals surface area contributed by atoms with Gasteiger partial charge in [-0.05, 0) is 6.58 Å². The Kier molecular flexibility index (Phi) is 2.11. The van der Waals surface area contributed by atoms with E-state index in [1.807, 2.05) is 6.20 Å². The van der Waals surface area contributed by atoms with Crippen LogP contribution in [-0.2, 0) is 0 Å². The van der Waals surface area contributed by atoms with E-state index in [9.17, 15) is 5.11 Å². The molecule has 0 radical (unpaired) electrons. The van der Waals surface area contributed by atoms with E-state index in [0.29, 0.717) is 0 Å². The second-order valence-electron chi connectivity index (χ2n) is 3.34. The highest BCUT2D eigenvalue weighted by Crippen LogP contribution is 2.16. The third-order valence-corrected chi connectivity index (χ3v) is 2.39. The molecular weight excluding hydrogens is 126 g/mol. The van der Waals surface area contributed by atoms with E-state index in [4.69, 9.17) is 0 Å². The summed E-state index contributed by atoms with van der Waals surface area (Å²) < 4.78 is 0.914. The van der Waals surface area contributed by atoms with Crippen molar-refractivity contribution >= 4 is 0 Å². The van der Waals surface area contributed by atoms with Crippen molar-refractivity contribution in [3.63, 3.8) is 0 Å². The standard InChI is InChI=1S/C8H16NO/c1-3-9(2)6-4-8(10)5-7-9/h3,8,10H,1,4-7H2,2H3/q+1. The molecule has 0 aliphatic carbocycles. The van der Waals surface area contributed by atoms with Crippen LogP contribution >= 0.6 is 0 Å². The van der Waals surface area contributed by atoms with Crippen molar-refractivity contribution in [2.24, 2.45) is 0 Å². The smallest absolute Gasteiger partial charge is 0.0883 e. The van der Waals surface area contributed by atoms with E-state index in [-0.39, 0.29) is 6.10 Å². The van der Waals surface area contributed by atoms with E-state index in [1.54, 1.807) is 0 Å². The number of aliphatic hydroxyl groups excluding tert-OH is 1. The Morgan fingerprint density at radius 3 is 2.40 bits per heavy atom. The lowest BCUT2D eigenvalue weighted by Gasteiger charge is -2.35. The maximum atomic E-state index is 9.19. The molecule has 2 nitrogen and oxygen atoms in total. The molecule has 0 aromatic heterocycles. The van der Waals surface area contributed by atoms with Crippen LogP contribution in [0.2, 0.25) is 0 Å². The second kappa shape index (κ2) is 2.72. The SMILES string of the molecule is C=C[N+]1(C)CCC(O)CC1. The average molecular weight is 142 g/mol. The van der Waals surface area contributed by atoms with Gasteiger partial charge in [0.2, 0.25) is 0 Å². The van der Waals surface area contributed by atoms with E-state index in [2.05, 4.69) is 13.6 Å². The summed E-state index contributed by atoms with van der Waals surface area (Å²) >= 11 is 0. The van der Waals surface area contributed by atoms with Crippen LogP contribution in [0.15, 0.2) is 12.8 Å². The minimum atomic E-state index is -0.0638. The summed E-state index contributed by atoms with van der Waals surface area (Å²) in [6.07, 6.45) is 3.74. The average Bonchev–Trinajstić information content (AvgIpc) is 1.96. The maximum absolute atomic E-state index is 9.19. The van der Waals surface area contributed by atoms with Crippen molar-refractivity contribution in [2.45, 2.75) is 18.9 Å². The first-order chi connectivity index (χ1) is 4.66. The number of rotatable bonds is 1. The van der Waals surface area contributed by atoms with Crippen molar-refractivity contribution in [1.29, 1.82) is 0 Å². The summed E-state index contributed by atoms with van der Waals surface area (Å²) in [6, 6.07) is 0. The normalized spacial score (nSPS) is 41.2. The Morgan fingerprint density at radius 2 is 2.00 bits per heavy atom. The van der Waals surface area contributed by atoms with Gasteiger partial charge in [0.25, 0.3) is 0 Å². The second-order valence-corrected chi connectivity index (χ2v) is 3.34. The third-order valence-electron chi connectivity index (χ3n) is 2.39. The number of likely N-dealkylation sites (tertiary alicyclic amines) is 1. The number of hydrogen-bond donors (Lipinski definition) is 1. The lowest BCUT2D eigenvalue weighted by molar-refractivity contribution is -0.865. The molecule has 0 amide bonds. The lowest BCUT2D eigenvalue weighted by Crippen LogP contribution is -2.46. The summed E-state index contributed by atoms with van der Waals surface area (Å²) in [6.45, 7) is 5.84. The van der Waals surface area contributed by atoms with Crippen LogP contribution in [0, 0.1) is 0 Å². The van der Waals surface area contributed by atoms with Gasteiger partial charge in [-0.25, -0.2) is 0 Å². The van der Waals surface area contributed by atoms with Crippen LogP contribution in [0.5, 0.6) is 0 Å². The molecular formula is C8H16NO+. The van der Waals surface area contributed by atoms with Gasteiger partial charge in [0, 0.05) is 12.8 Å². The molecule has 0 spiro atoms. The summed E-state index contributed by atoms with van der Waals surface area (Å²) in [5, 5.41) is 9.19. The zero-order valence-electron chi connectivity index (χ0n) is 6.58. The van der Waals surface area contributed by atoms with Gasteiger partial charge in [-0.1, -0.05) is 0 Å². The summed E-state index contributed by atoms with van der Waals surface area (Å²) in [5.41, 5.74) is 0. The van der Waals surface area contributed by atoms with Crippen molar-refractivity contribution in [1.82, 2.24) is 0 Å². The van der Waals surface area contributed by atoms with Crippen LogP contribution in [0.3, 0.4) is 0 Å². The van der Waals surface area contributed by atoms with Gasteiger partial charge in [-0.2, -0.15) is 0 Å². The fraction of sp³-hybridized carbons (Fsp3) is 0.750. The third kappa shape index (κ3) is 1.58. The molecule has 1 aliphatic rings. The lowest BCUT2D eigenvalue weighted by atomic mass is 10.1. The Bertz CT molecular complexity index is 125. The molecule has 1 heterocycles. The highest BCUT2D eigenvalue weighted by molar-refractivity contribution is 4.65. The molecule has 1 rings (SSSR count). The van der Waals surface area contributed by atoms with Gasteiger partial charge in [0.05, 0.1) is 32.4 Å². The molecule has 2 heteroatoms. The molecule has 0 bridgehead atoms. The van der Waals surface area contributed by atoms with E-state index >= 15 is 0 Å². The Balaban J connectivity index is 2.46.